The minimum absolute atomic E-state index is 0.0472. The van der Waals surface area contributed by atoms with Crippen LogP contribution in [0.2, 0.25) is 0 Å². The van der Waals surface area contributed by atoms with E-state index in [2.05, 4.69) is 10.6 Å². The van der Waals surface area contributed by atoms with Crippen molar-refractivity contribution in [3.05, 3.63) is 29.3 Å². The van der Waals surface area contributed by atoms with E-state index in [9.17, 15) is 14.4 Å². The van der Waals surface area contributed by atoms with Crippen molar-refractivity contribution in [2.24, 2.45) is 0 Å². The topological polar surface area (TPSA) is 81.8 Å². The standard InChI is InChI=1S/C20H28N4O3/c1-3-23-11-8-21-19(26)17(23)13-18(25)22-16-7-6-15(12-14(16)2)20(27)24-9-4-5-10-24/h6-7,12,17H,3-5,8-11,13H2,1-2H3,(H,21,26)(H,22,25). The van der Waals surface area contributed by atoms with E-state index in [1.54, 1.807) is 12.1 Å². The molecule has 1 atom stereocenters. The average molecular weight is 372 g/mol. The first kappa shape index (κ1) is 19.4. The molecule has 1 aromatic rings. The Morgan fingerprint density at radius 1 is 1.22 bits per heavy atom. The van der Waals surface area contributed by atoms with Crippen molar-refractivity contribution in [3.63, 3.8) is 0 Å². The Hall–Kier alpha value is -2.41. The van der Waals surface area contributed by atoms with Crippen LogP contribution in [-0.2, 0) is 9.59 Å². The third kappa shape index (κ3) is 4.47. The normalized spacial score (nSPS) is 20.4. The molecule has 0 aromatic heterocycles. The van der Waals surface area contributed by atoms with Crippen molar-refractivity contribution in [3.8, 4) is 0 Å². The Kier molecular flexibility index (Phi) is 6.11. The van der Waals surface area contributed by atoms with Gasteiger partial charge >= 0.3 is 0 Å². The molecule has 0 radical (unpaired) electrons. The van der Waals surface area contributed by atoms with Crippen LogP contribution < -0.4 is 10.6 Å². The van der Waals surface area contributed by atoms with Gasteiger partial charge in [-0.15, -0.1) is 0 Å². The highest BCUT2D eigenvalue weighted by atomic mass is 16.2. The lowest BCUT2D eigenvalue weighted by molar-refractivity contribution is -0.132. The van der Waals surface area contributed by atoms with E-state index < -0.39 is 6.04 Å². The SMILES string of the molecule is CCN1CCNC(=O)C1CC(=O)Nc1ccc(C(=O)N2CCCC2)cc1C. The van der Waals surface area contributed by atoms with Crippen LogP contribution in [0.15, 0.2) is 18.2 Å². The molecule has 1 aromatic carbocycles. The molecule has 3 rings (SSSR count). The molecule has 2 fully saturated rings. The zero-order valence-electron chi connectivity index (χ0n) is 16.1. The molecule has 0 aliphatic carbocycles. The molecule has 2 heterocycles. The fraction of sp³-hybridized carbons (Fsp3) is 0.550. The Balaban J connectivity index is 1.63. The number of aryl methyl sites for hydroxylation is 1. The monoisotopic (exact) mass is 372 g/mol. The summed E-state index contributed by atoms with van der Waals surface area (Å²) in [5.41, 5.74) is 2.17. The number of likely N-dealkylation sites (tertiary alicyclic amines) is 1. The van der Waals surface area contributed by atoms with Crippen LogP contribution in [-0.4, -0.2) is 66.3 Å². The van der Waals surface area contributed by atoms with E-state index in [1.165, 1.54) is 0 Å². The number of piperazine rings is 1. The van der Waals surface area contributed by atoms with Gasteiger partial charge in [0.2, 0.25) is 11.8 Å². The second-order valence-electron chi connectivity index (χ2n) is 7.22. The molecule has 2 aliphatic heterocycles. The summed E-state index contributed by atoms with van der Waals surface area (Å²) in [6.07, 6.45) is 2.23. The third-order valence-electron chi connectivity index (χ3n) is 5.37. The first-order valence-electron chi connectivity index (χ1n) is 9.71. The zero-order chi connectivity index (χ0) is 19.4. The van der Waals surface area contributed by atoms with Crippen LogP contribution in [0.5, 0.6) is 0 Å². The van der Waals surface area contributed by atoms with Crippen molar-refractivity contribution in [2.75, 3.05) is 38.0 Å². The van der Waals surface area contributed by atoms with Crippen LogP contribution in [0.1, 0.15) is 42.1 Å². The Labute approximate surface area is 160 Å². The smallest absolute Gasteiger partial charge is 0.253 e. The number of nitrogens with one attached hydrogen (secondary N) is 2. The van der Waals surface area contributed by atoms with Gasteiger partial charge in [-0.25, -0.2) is 0 Å². The maximum atomic E-state index is 12.5. The molecule has 0 bridgehead atoms. The van der Waals surface area contributed by atoms with Gasteiger partial charge < -0.3 is 15.5 Å². The maximum absolute atomic E-state index is 12.5. The van der Waals surface area contributed by atoms with Crippen LogP contribution >= 0.6 is 0 Å². The predicted octanol–water partition coefficient (Wildman–Crippen LogP) is 1.38. The van der Waals surface area contributed by atoms with E-state index in [0.717, 1.165) is 44.6 Å². The molecule has 2 N–H and O–H groups in total. The van der Waals surface area contributed by atoms with Gasteiger partial charge in [-0.1, -0.05) is 6.92 Å². The van der Waals surface area contributed by atoms with Gasteiger partial charge in [-0.05, 0) is 50.1 Å². The van der Waals surface area contributed by atoms with Gasteiger partial charge in [0.15, 0.2) is 0 Å². The van der Waals surface area contributed by atoms with E-state index in [-0.39, 0.29) is 24.1 Å². The van der Waals surface area contributed by atoms with Crippen molar-refractivity contribution >= 4 is 23.4 Å². The quantitative estimate of drug-likeness (QED) is 0.818. The van der Waals surface area contributed by atoms with Gasteiger partial charge in [0, 0.05) is 37.4 Å². The number of benzene rings is 1. The Morgan fingerprint density at radius 3 is 2.63 bits per heavy atom. The van der Waals surface area contributed by atoms with Crippen molar-refractivity contribution < 1.29 is 14.4 Å². The molecule has 7 nitrogen and oxygen atoms in total. The number of carbonyl (C=O) groups is 3. The molecule has 3 amide bonds. The van der Waals surface area contributed by atoms with Crippen LogP contribution in [0.25, 0.3) is 0 Å². The number of hydrogen-bond acceptors (Lipinski definition) is 4. The highest BCUT2D eigenvalue weighted by molar-refractivity contribution is 5.98. The minimum atomic E-state index is -0.430. The molecule has 7 heteroatoms. The van der Waals surface area contributed by atoms with E-state index in [1.807, 2.05) is 29.7 Å². The summed E-state index contributed by atoms with van der Waals surface area (Å²) in [4.78, 5) is 40.9. The lowest BCUT2D eigenvalue weighted by Crippen LogP contribution is -2.56. The Morgan fingerprint density at radius 2 is 1.96 bits per heavy atom. The summed E-state index contributed by atoms with van der Waals surface area (Å²) in [6, 6.07) is 4.92. The van der Waals surface area contributed by atoms with Crippen molar-refractivity contribution in [1.82, 2.24) is 15.1 Å². The van der Waals surface area contributed by atoms with Crippen molar-refractivity contribution in [1.29, 1.82) is 0 Å². The molecule has 1 unspecified atom stereocenters. The number of anilines is 1. The second kappa shape index (κ2) is 8.52. The molecule has 0 saturated carbocycles. The molecule has 0 spiro atoms. The van der Waals surface area contributed by atoms with Crippen molar-refractivity contribution in [2.45, 2.75) is 39.2 Å². The second-order valence-corrected chi connectivity index (χ2v) is 7.22. The summed E-state index contributed by atoms with van der Waals surface area (Å²) in [5.74, 6) is -0.246. The van der Waals surface area contributed by atoms with Gasteiger partial charge in [0.1, 0.15) is 0 Å². The number of nitrogens with zero attached hydrogens (tertiary/aromatic N) is 2. The summed E-state index contributed by atoms with van der Waals surface area (Å²) in [5, 5.41) is 5.71. The summed E-state index contributed by atoms with van der Waals surface area (Å²) in [7, 11) is 0. The molecule has 2 aliphatic rings. The largest absolute Gasteiger partial charge is 0.353 e. The predicted molar refractivity (Wildman–Crippen MR) is 104 cm³/mol. The summed E-state index contributed by atoms with van der Waals surface area (Å²) < 4.78 is 0. The fourth-order valence-corrected chi connectivity index (χ4v) is 3.78. The van der Waals surface area contributed by atoms with E-state index >= 15 is 0 Å². The number of amides is 3. The zero-order valence-corrected chi connectivity index (χ0v) is 16.1. The molecular weight excluding hydrogens is 344 g/mol. The highest BCUT2D eigenvalue weighted by Gasteiger charge is 2.30. The van der Waals surface area contributed by atoms with Gasteiger partial charge in [0.25, 0.3) is 5.91 Å². The minimum Gasteiger partial charge on any atom is -0.353 e. The molecule has 146 valence electrons. The van der Waals surface area contributed by atoms with E-state index in [4.69, 9.17) is 0 Å². The van der Waals surface area contributed by atoms with Crippen LogP contribution in [0.3, 0.4) is 0 Å². The Bertz CT molecular complexity index is 728. The lowest BCUT2D eigenvalue weighted by Gasteiger charge is -2.33. The van der Waals surface area contributed by atoms with Gasteiger partial charge in [0.05, 0.1) is 12.5 Å². The molecule has 2 saturated heterocycles. The van der Waals surface area contributed by atoms with Gasteiger partial charge in [-0.2, -0.15) is 0 Å². The summed E-state index contributed by atoms with van der Waals surface area (Å²) >= 11 is 0. The average Bonchev–Trinajstić information content (AvgIpc) is 3.19. The number of rotatable bonds is 5. The molecular formula is C20H28N4O3. The first-order valence-corrected chi connectivity index (χ1v) is 9.71. The van der Waals surface area contributed by atoms with Crippen LogP contribution in [0, 0.1) is 6.92 Å². The number of hydrogen-bond donors (Lipinski definition) is 2. The lowest BCUT2D eigenvalue weighted by atomic mass is 10.1. The molecule has 27 heavy (non-hydrogen) atoms. The van der Waals surface area contributed by atoms with Gasteiger partial charge in [-0.3, -0.25) is 19.3 Å². The third-order valence-corrected chi connectivity index (χ3v) is 5.37. The number of likely N-dealkylation sites (N-methyl/N-ethyl adjacent to an activating group) is 1. The number of carbonyl (C=O) groups excluding carboxylic acids is 3. The maximum Gasteiger partial charge on any atom is 0.253 e. The van der Waals surface area contributed by atoms with E-state index in [0.29, 0.717) is 17.8 Å². The highest BCUT2D eigenvalue weighted by Crippen LogP contribution is 2.20. The first-order chi connectivity index (χ1) is 13.0. The fourth-order valence-electron chi connectivity index (χ4n) is 3.78. The summed E-state index contributed by atoms with van der Waals surface area (Å²) in [6.45, 7) is 7.61. The van der Waals surface area contributed by atoms with Crippen LogP contribution in [0.4, 0.5) is 5.69 Å².